The van der Waals surface area contributed by atoms with E-state index < -0.39 is 17.8 Å². The number of nitrogens with one attached hydrogen (secondary N) is 2. The molecule has 0 aliphatic carbocycles. The van der Waals surface area contributed by atoms with E-state index in [4.69, 9.17) is 0 Å². The molecule has 4 rings (SSSR count). The normalized spacial score (nSPS) is 13.1. The first kappa shape index (κ1) is 22.0. The van der Waals surface area contributed by atoms with E-state index in [2.05, 4.69) is 15.6 Å². The third-order valence-electron chi connectivity index (χ3n) is 5.20. The van der Waals surface area contributed by atoms with Crippen molar-refractivity contribution >= 4 is 34.9 Å². The number of aromatic nitrogens is 1. The molecule has 166 valence electrons. The summed E-state index contributed by atoms with van der Waals surface area (Å²) < 4.78 is 40.3. The maximum absolute atomic E-state index is 13.4. The van der Waals surface area contributed by atoms with Crippen molar-refractivity contribution in [3.8, 4) is 0 Å². The van der Waals surface area contributed by atoms with Gasteiger partial charge in [-0.1, -0.05) is 6.07 Å². The van der Waals surface area contributed by atoms with E-state index in [0.717, 1.165) is 34.6 Å². The molecule has 2 aromatic carbocycles. The molecule has 2 N–H and O–H groups in total. The van der Waals surface area contributed by atoms with Crippen LogP contribution >= 0.6 is 11.8 Å². The average molecular weight is 459 g/mol. The molecule has 0 saturated heterocycles. The molecule has 0 spiro atoms. The quantitative estimate of drug-likeness (QED) is 0.459. The van der Waals surface area contributed by atoms with Crippen LogP contribution in [-0.2, 0) is 19.1 Å². The van der Waals surface area contributed by atoms with Gasteiger partial charge in [0.25, 0.3) is 0 Å². The first-order valence-corrected chi connectivity index (χ1v) is 11.2. The van der Waals surface area contributed by atoms with Gasteiger partial charge in [0.05, 0.1) is 5.56 Å². The molecule has 0 unspecified atom stereocenters. The van der Waals surface area contributed by atoms with Gasteiger partial charge in [0.1, 0.15) is 0 Å². The summed E-state index contributed by atoms with van der Waals surface area (Å²) in [5.41, 5.74) is 2.81. The fraction of sp³-hybridized carbons (Fsp3) is 0.217. The number of benzene rings is 2. The zero-order valence-corrected chi connectivity index (χ0v) is 18.1. The number of alkyl halides is 3. The van der Waals surface area contributed by atoms with Crippen LogP contribution in [0.25, 0.3) is 0 Å². The first-order chi connectivity index (χ1) is 15.3. The van der Waals surface area contributed by atoms with E-state index in [9.17, 15) is 18.0 Å². The second-order valence-corrected chi connectivity index (χ2v) is 8.15. The van der Waals surface area contributed by atoms with Gasteiger partial charge in [-0.3, -0.25) is 9.88 Å². The van der Waals surface area contributed by atoms with Crippen molar-refractivity contribution in [3.05, 3.63) is 77.6 Å². The molecule has 0 radical (unpaired) electrons. The Bertz CT molecular complexity index is 1100. The fourth-order valence-corrected chi connectivity index (χ4v) is 4.24. The van der Waals surface area contributed by atoms with Crippen LogP contribution in [0.1, 0.15) is 16.7 Å². The molecular formula is C23H21F3N4OS. The zero-order valence-electron chi connectivity index (χ0n) is 17.2. The summed E-state index contributed by atoms with van der Waals surface area (Å²) in [5, 5.41) is 6.04. The summed E-state index contributed by atoms with van der Waals surface area (Å²) >= 11 is 1.06. The maximum Gasteiger partial charge on any atom is 0.417 e. The van der Waals surface area contributed by atoms with Gasteiger partial charge in [0.15, 0.2) is 0 Å². The van der Waals surface area contributed by atoms with Gasteiger partial charge in [0, 0.05) is 47.4 Å². The third kappa shape index (κ3) is 4.83. The van der Waals surface area contributed by atoms with Gasteiger partial charge in [-0.2, -0.15) is 13.2 Å². The smallest absolute Gasteiger partial charge is 0.381 e. The lowest BCUT2D eigenvalue weighted by Gasteiger charge is -2.20. The van der Waals surface area contributed by atoms with Crippen molar-refractivity contribution in [1.82, 2.24) is 4.98 Å². The van der Waals surface area contributed by atoms with Gasteiger partial charge in [-0.25, -0.2) is 4.79 Å². The van der Waals surface area contributed by atoms with Crippen molar-refractivity contribution in [3.63, 3.8) is 0 Å². The van der Waals surface area contributed by atoms with E-state index in [1.807, 2.05) is 24.3 Å². The maximum atomic E-state index is 13.4. The second kappa shape index (κ2) is 9.12. The molecule has 0 atom stereocenters. The summed E-state index contributed by atoms with van der Waals surface area (Å²) in [5.74, 6) is 0. The molecule has 2 amide bonds. The molecule has 32 heavy (non-hydrogen) atoms. The molecule has 0 fully saturated rings. The topological polar surface area (TPSA) is 57.3 Å². The molecule has 2 heterocycles. The molecule has 1 aliphatic heterocycles. The Hall–Kier alpha value is -3.20. The van der Waals surface area contributed by atoms with Crippen LogP contribution in [0.4, 0.5) is 35.0 Å². The zero-order chi connectivity index (χ0) is 22.7. The Morgan fingerprint density at radius 1 is 1.16 bits per heavy atom. The van der Waals surface area contributed by atoms with Crippen molar-refractivity contribution in [2.75, 3.05) is 28.3 Å². The number of urea groups is 1. The standard InChI is InChI=1S/C23H21F3N4OS/c1-32-21-11-16-8-10-30(20(16)12-19(21)23(24,25)26)22(31)29-18-6-4-17(5-7-18)28-14-15-3-2-9-27-13-15/h2-7,9,11-13,28H,8,10,14H2,1H3,(H,29,31). The lowest BCUT2D eigenvalue weighted by Crippen LogP contribution is -2.33. The molecule has 1 aliphatic rings. The highest BCUT2D eigenvalue weighted by molar-refractivity contribution is 7.98. The summed E-state index contributed by atoms with van der Waals surface area (Å²) in [6.07, 6.45) is 1.15. The Morgan fingerprint density at radius 3 is 2.56 bits per heavy atom. The number of rotatable bonds is 5. The van der Waals surface area contributed by atoms with Crippen LogP contribution in [0.5, 0.6) is 0 Å². The molecule has 1 aromatic heterocycles. The summed E-state index contributed by atoms with van der Waals surface area (Å²) in [7, 11) is 0. The number of carbonyl (C=O) groups is 1. The number of anilines is 3. The minimum Gasteiger partial charge on any atom is -0.381 e. The van der Waals surface area contributed by atoms with E-state index in [1.54, 1.807) is 36.8 Å². The number of carbonyl (C=O) groups excluding carboxylic acids is 1. The van der Waals surface area contributed by atoms with Crippen LogP contribution in [-0.4, -0.2) is 23.8 Å². The lowest BCUT2D eigenvalue weighted by molar-refractivity contribution is -0.139. The predicted molar refractivity (Wildman–Crippen MR) is 121 cm³/mol. The van der Waals surface area contributed by atoms with Crippen LogP contribution in [0.2, 0.25) is 0 Å². The number of hydrogen-bond donors (Lipinski definition) is 2. The van der Waals surface area contributed by atoms with Crippen LogP contribution < -0.4 is 15.5 Å². The van der Waals surface area contributed by atoms with E-state index in [-0.39, 0.29) is 4.90 Å². The van der Waals surface area contributed by atoms with Gasteiger partial charge in [-0.05, 0) is 66.3 Å². The molecule has 0 bridgehead atoms. The molecule has 9 heteroatoms. The average Bonchev–Trinajstić information content (AvgIpc) is 3.21. The minimum atomic E-state index is -4.48. The second-order valence-electron chi connectivity index (χ2n) is 7.30. The molecule has 5 nitrogen and oxygen atoms in total. The number of pyridine rings is 1. The fourth-order valence-electron chi connectivity index (χ4n) is 3.59. The van der Waals surface area contributed by atoms with E-state index in [0.29, 0.717) is 30.9 Å². The Labute approximate surface area is 188 Å². The summed E-state index contributed by atoms with van der Waals surface area (Å²) in [4.78, 5) is 18.4. The predicted octanol–water partition coefficient (Wildman–Crippen LogP) is 6.03. The van der Waals surface area contributed by atoms with Crippen molar-refractivity contribution in [2.24, 2.45) is 0 Å². The van der Waals surface area contributed by atoms with E-state index >= 15 is 0 Å². The molecule has 0 saturated carbocycles. The lowest BCUT2D eigenvalue weighted by atomic mass is 10.1. The number of nitrogens with zero attached hydrogens (tertiary/aromatic N) is 2. The summed E-state index contributed by atoms with van der Waals surface area (Å²) in [6, 6.07) is 13.2. The minimum absolute atomic E-state index is 0.174. The SMILES string of the molecule is CSc1cc2c(cc1C(F)(F)F)N(C(=O)Nc1ccc(NCc3cccnc3)cc1)CC2. The molecular weight excluding hydrogens is 437 g/mol. The van der Waals surface area contributed by atoms with Gasteiger partial charge < -0.3 is 10.6 Å². The monoisotopic (exact) mass is 458 g/mol. The highest BCUT2D eigenvalue weighted by Gasteiger charge is 2.36. The van der Waals surface area contributed by atoms with Gasteiger partial charge >= 0.3 is 12.2 Å². The Balaban J connectivity index is 1.44. The van der Waals surface area contributed by atoms with E-state index in [1.165, 1.54) is 4.90 Å². The number of hydrogen-bond acceptors (Lipinski definition) is 4. The highest BCUT2D eigenvalue weighted by atomic mass is 32.2. The Morgan fingerprint density at radius 2 is 1.91 bits per heavy atom. The third-order valence-corrected chi connectivity index (χ3v) is 5.98. The van der Waals surface area contributed by atoms with Crippen molar-refractivity contribution in [1.29, 1.82) is 0 Å². The summed E-state index contributed by atoms with van der Waals surface area (Å²) in [6.45, 7) is 0.949. The number of halogens is 3. The Kier molecular flexibility index (Phi) is 6.27. The first-order valence-electron chi connectivity index (χ1n) is 9.94. The van der Waals surface area contributed by atoms with Crippen LogP contribution in [0, 0.1) is 0 Å². The number of fused-ring (bicyclic) bond motifs is 1. The highest BCUT2D eigenvalue weighted by Crippen LogP contribution is 2.42. The van der Waals surface area contributed by atoms with Crippen molar-refractivity contribution < 1.29 is 18.0 Å². The largest absolute Gasteiger partial charge is 0.417 e. The van der Waals surface area contributed by atoms with Crippen LogP contribution in [0.15, 0.2) is 65.8 Å². The van der Waals surface area contributed by atoms with Gasteiger partial charge in [0.2, 0.25) is 0 Å². The number of thioether (sulfide) groups is 1. The van der Waals surface area contributed by atoms with Crippen molar-refractivity contribution in [2.45, 2.75) is 24.0 Å². The number of amides is 2. The van der Waals surface area contributed by atoms with Gasteiger partial charge in [-0.15, -0.1) is 11.8 Å². The van der Waals surface area contributed by atoms with Crippen LogP contribution in [0.3, 0.4) is 0 Å². The molecule has 3 aromatic rings.